The highest BCUT2D eigenvalue weighted by Gasteiger charge is 2.09. The van der Waals surface area contributed by atoms with Crippen LogP contribution < -0.4 is 4.74 Å². The fourth-order valence-corrected chi connectivity index (χ4v) is 1.59. The molecule has 0 aliphatic rings. The molecule has 0 saturated heterocycles. The molecule has 0 radical (unpaired) electrons. The molecular formula is C10H12BrFO. The van der Waals surface area contributed by atoms with Crippen molar-refractivity contribution < 1.29 is 9.13 Å². The highest BCUT2D eigenvalue weighted by Crippen LogP contribution is 2.24. The van der Waals surface area contributed by atoms with Gasteiger partial charge in [-0.25, -0.2) is 4.39 Å². The minimum Gasteiger partial charge on any atom is -0.493 e. The van der Waals surface area contributed by atoms with Gasteiger partial charge < -0.3 is 4.74 Å². The highest BCUT2D eigenvalue weighted by atomic mass is 79.9. The molecule has 0 heterocycles. The van der Waals surface area contributed by atoms with Crippen LogP contribution in [0.5, 0.6) is 5.75 Å². The van der Waals surface area contributed by atoms with Gasteiger partial charge in [0.25, 0.3) is 0 Å². The maximum absolute atomic E-state index is 13.2. The minimum atomic E-state index is -0.298. The SMILES string of the molecule is COc1c(F)cccc1CC(C)Br. The lowest BCUT2D eigenvalue weighted by atomic mass is 10.1. The summed E-state index contributed by atoms with van der Waals surface area (Å²) in [5.74, 6) is 0.0574. The van der Waals surface area contributed by atoms with E-state index in [0.29, 0.717) is 10.6 Å². The standard InChI is InChI=1S/C10H12BrFO/c1-7(11)6-8-4-3-5-9(12)10(8)13-2/h3-5,7H,6H2,1-2H3. The van der Waals surface area contributed by atoms with E-state index < -0.39 is 0 Å². The lowest BCUT2D eigenvalue weighted by Gasteiger charge is -2.09. The van der Waals surface area contributed by atoms with Gasteiger partial charge in [-0.2, -0.15) is 0 Å². The van der Waals surface area contributed by atoms with Crippen molar-refractivity contribution in [2.24, 2.45) is 0 Å². The van der Waals surface area contributed by atoms with Gasteiger partial charge in [0.1, 0.15) is 0 Å². The first-order chi connectivity index (χ1) is 6.15. The van der Waals surface area contributed by atoms with Gasteiger partial charge in [-0.05, 0) is 18.1 Å². The van der Waals surface area contributed by atoms with Crippen molar-refractivity contribution in [3.63, 3.8) is 0 Å². The van der Waals surface area contributed by atoms with E-state index in [9.17, 15) is 4.39 Å². The van der Waals surface area contributed by atoms with E-state index in [-0.39, 0.29) is 5.82 Å². The van der Waals surface area contributed by atoms with Crippen LogP contribution >= 0.6 is 15.9 Å². The van der Waals surface area contributed by atoms with E-state index in [2.05, 4.69) is 15.9 Å². The van der Waals surface area contributed by atoms with E-state index in [1.54, 1.807) is 6.07 Å². The Morgan fingerprint density at radius 2 is 2.23 bits per heavy atom. The first-order valence-corrected chi connectivity index (χ1v) is 5.02. The molecule has 0 aliphatic heterocycles. The van der Waals surface area contributed by atoms with Crippen LogP contribution in [-0.2, 0) is 6.42 Å². The maximum Gasteiger partial charge on any atom is 0.165 e. The summed E-state index contributed by atoms with van der Waals surface area (Å²) in [6.07, 6.45) is 0.765. The molecule has 3 heteroatoms. The summed E-state index contributed by atoms with van der Waals surface area (Å²) in [6.45, 7) is 2.02. The van der Waals surface area contributed by atoms with Crippen LogP contribution in [0.25, 0.3) is 0 Å². The van der Waals surface area contributed by atoms with Crippen LogP contribution in [-0.4, -0.2) is 11.9 Å². The molecule has 0 fully saturated rings. The number of hydrogen-bond acceptors (Lipinski definition) is 1. The molecule has 0 amide bonds. The third kappa shape index (κ3) is 2.69. The molecule has 0 saturated carbocycles. The molecule has 0 N–H and O–H groups in total. The minimum absolute atomic E-state index is 0.298. The highest BCUT2D eigenvalue weighted by molar-refractivity contribution is 9.09. The average Bonchev–Trinajstić information content (AvgIpc) is 2.03. The van der Waals surface area contributed by atoms with E-state index in [0.717, 1.165) is 12.0 Å². The fraction of sp³-hybridized carbons (Fsp3) is 0.400. The van der Waals surface area contributed by atoms with E-state index >= 15 is 0 Å². The monoisotopic (exact) mass is 246 g/mol. The molecule has 1 aromatic carbocycles. The summed E-state index contributed by atoms with van der Waals surface area (Å²) in [5.41, 5.74) is 0.895. The number of para-hydroxylation sites is 1. The summed E-state index contributed by atoms with van der Waals surface area (Å²) in [6, 6.07) is 4.98. The largest absolute Gasteiger partial charge is 0.493 e. The smallest absolute Gasteiger partial charge is 0.165 e. The molecule has 0 aliphatic carbocycles. The Morgan fingerprint density at radius 3 is 2.77 bits per heavy atom. The van der Waals surface area contributed by atoms with Crippen molar-refractivity contribution in [1.82, 2.24) is 0 Å². The number of halogens is 2. The van der Waals surface area contributed by atoms with Gasteiger partial charge in [-0.1, -0.05) is 35.0 Å². The molecule has 1 rings (SSSR count). The van der Waals surface area contributed by atoms with Crippen LogP contribution in [0.4, 0.5) is 4.39 Å². The third-order valence-electron chi connectivity index (χ3n) is 1.75. The maximum atomic E-state index is 13.2. The lowest BCUT2D eigenvalue weighted by Crippen LogP contribution is -2.01. The Morgan fingerprint density at radius 1 is 1.54 bits per heavy atom. The summed E-state index contributed by atoms with van der Waals surface area (Å²) in [4.78, 5) is 0.322. The number of hydrogen-bond donors (Lipinski definition) is 0. The van der Waals surface area contributed by atoms with Gasteiger partial charge in [-0.15, -0.1) is 0 Å². The summed E-state index contributed by atoms with van der Waals surface area (Å²) >= 11 is 3.42. The Labute approximate surface area is 86.0 Å². The zero-order valence-corrected chi connectivity index (χ0v) is 9.27. The van der Waals surface area contributed by atoms with Crippen LogP contribution in [0.2, 0.25) is 0 Å². The predicted octanol–water partition coefficient (Wildman–Crippen LogP) is 3.16. The fourth-order valence-electron chi connectivity index (χ4n) is 1.25. The topological polar surface area (TPSA) is 9.23 Å². The van der Waals surface area contributed by atoms with Gasteiger partial charge >= 0.3 is 0 Å². The summed E-state index contributed by atoms with van der Waals surface area (Å²) in [5, 5.41) is 0. The molecule has 0 aromatic heterocycles. The van der Waals surface area contributed by atoms with Crippen molar-refractivity contribution in [2.75, 3.05) is 7.11 Å². The van der Waals surface area contributed by atoms with Gasteiger partial charge in [0.15, 0.2) is 11.6 Å². The lowest BCUT2D eigenvalue weighted by molar-refractivity contribution is 0.381. The van der Waals surface area contributed by atoms with E-state index in [4.69, 9.17) is 4.74 Å². The van der Waals surface area contributed by atoms with Crippen molar-refractivity contribution in [3.8, 4) is 5.75 Å². The van der Waals surface area contributed by atoms with Crippen LogP contribution in [0.1, 0.15) is 12.5 Å². The molecule has 0 bridgehead atoms. The Balaban J connectivity index is 2.98. The second kappa shape index (κ2) is 4.61. The summed E-state index contributed by atoms with van der Waals surface area (Å²) < 4.78 is 18.1. The van der Waals surface area contributed by atoms with Crippen LogP contribution in [0.3, 0.4) is 0 Å². The zero-order chi connectivity index (χ0) is 9.84. The molecule has 1 atom stereocenters. The average molecular weight is 247 g/mol. The molecule has 72 valence electrons. The third-order valence-corrected chi connectivity index (χ3v) is 2.08. The number of benzene rings is 1. The van der Waals surface area contributed by atoms with Crippen molar-refractivity contribution in [2.45, 2.75) is 18.2 Å². The first-order valence-electron chi connectivity index (χ1n) is 4.10. The number of methoxy groups -OCH3 is 1. The molecule has 1 aromatic rings. The Hall–Kier alpha value is -0.570. The van der Waals surface area contributed by atoms with Crippen molar-refractivity contribution in [3.05, 3.63) is 29.6 Å². The van der Waals surface area contributed by atoms with E-state index in [1.165, 1.54) is 13.2 Å². The molecular weight excluding hydrogens is 235 g/mol. The Kier molecular flexibility index (Phi) is 3.72. The van der Waals surface area contributed by atoms with Gasteiger partial charge in [0.2, 0.25) is 0 Å². The quantitative estimate of drug-likeness (QED) is 0.745. The molecule has 13 heavy (non-hydrogen) atoms. The van der Waals surface area contributed by atoms with Crippen LogP contribution in [0.15, 0.2) is 18.2 Å². The first kappa shape index (κ1) is 10.5. The predicted molar refractivity (Wildman–Crippen MR) is 55.0 cm³/mol. The normalized spacial score (nSPS) is 12.6. The van der Waals surface area contributed by atoms with Crippen molar-refractivity contribution >= 4 is 15.9 Å². The van der Waals surface area contributed by atoms with Gasteiger partial charge in [-0.3, -0.25) is 0 Å². The molecule has 1 unspecified atom stereocenters. The Bertz CT molecular complexity index is 286. The summed E-state index contributed by atoms with van der Waals surface area (Å²) in [7, 11) is 1.49. The molecule has 0 spiro atoms. The van der Waals surface area contributed by atoms with E-state index in [1.807, 2.05) is 13.0 Å². The second-order valence-corrected chi connectivity index (χ2v) is 4.48. The number of alkyl halides is 1. The van der Waals surface area contributed by atoms with Crippen molar-refractivity contribution in [1.29, 1.82) is 0 Å². The number of ether oxygens (including phenoxy) is 1. The molecule has 1 nitrogen and oxygen atoms in total. The zero-order valence-electron chi connectivity index (χ0n) is 7.68. The van der Waals surface area contributed by atoms with Crippen LogP contribution in [0, 0.1) is 5.82 Å². The number of rotatable bonds is 3. The second-order valence-electron chi connectivity index (χ2n) is 2.92. The van der Waals surface area contributed by atoms with Gasteiger partial charge in [0.05, 0.1) is 7.11 Å². The van der Waals surface area contributed by atoms with Gasteiger partial charge in [0, 0.05) is 4.83 Å².